The van der Waals surface area contributed by atoms with Crippen LogP contribution < -0.4 is 4.52 Å². The van der Waals surface area contributed by atoms with Crippen LogP contribution in [0.25, 0.3) is 0 Å². The molecule has 0 spiro atoms. The maximum Gasteiger partial charge on any atom is 0.527 e. The molecule has 9 nitrogen and oxygen atoms in total. The van der Waals surface area contributed by atoms with Crippen molar-refractivity contribution in [1.29, 1.82) is 0 Å². The number of hydroxylamine groups is 2. The Labute approximate surface area is 145 Å². The molecule has 1 aliphatic heterocycles. The van der Waals surface area contributed by atoms with Crippen LogP contribution in [0.3, 0.4) is 0 Å². The highest BCUT2D eigenvalue weighted by atomic mass is 31.2. The first-order valence-corrected chi connectivity index (χ1v) is 9.26. The molecule has 1 aromatic rings. The molecule has 10 heteroatoms. The summed E-state index contributed by atoms with van der Waals surface area (Å²) in [5.41, 5.74) is -1.43. The molecule has 140 valence electrons. The van der Waals surface area contributed by atoms with Crippen LogP contribution in [-0.4, -0.2) is 37.3 Å². The summed E-state index contributed by atoms with van der Waals surface area (Å²) in [7, 11) is -4.42. The number of phosphoric acid groups is 1. The Balaban J connectivity index is 2.08. The van der Waals surface area contributed by atoms with Gasteiger partial charge in [-0.3, -0.25) is 19.5 Å². The lowest BCUT2D eigenvalue weighted by Crippen LogP contribution is -2.60. The van der Waals surface area contributed by atoms with Gasteiger partial charge in [-0.1, -0.05) is 0 Å². The van der Waals surface area contributed by atoms with Crippen LogP contribution >= 0.6 is 7.82 Å². The van der Waals surface area contributed by atoms with E-state index in [-0.39, 0.29) is 11.4 Å². The molecule has 1 unspecified atom stereocenters. The Morgan fingerprint density at radius 1 is 1.20 bits per heavy atom. The van der Waals surface area contributed by atoms with E-state index in [0.717, 1.165) is 0 Å². The highest BCUT2D eigenvalue weighted by Crippen LogP contribution is 2.49. The summed E-state index contributed by atoms with van der Waals surface area (Å²) < 4.78 is 22.6. The summed E-state index contributed by atoms with van der Waals surface area (Å²) in [6.07, 6.45) is 0.0737. The van der Waals surface area contributed by atoms with Gasteiger partial charge in [0.1, 0.15) is 5.75 Å². The standard InChI is InChI=1S/C15H23N2O7P/c1-14(2)9-13(10-15(3,4)17(14)20)24-25(21,22)23-12-7-5-11(6-8-12)16(18)19/h5-8,13,20H,9-10H2,1-4H3,(H,21,22). The van der Waals surface area contributed by atoms with Gasteiger partial charge in [0.2, 0.25) is 0 Å². The van der Waals surface area contributed by atoms with Crippen molar-refractivity contribution in [2.45, 2.75) is 57.7 Å². The lowest BCUT2D eigenvalue weighted by Gasteiger charge is -2.51. The predicted octanol–water partition coefficient (Wildman–Crippen LogP) is 3.50. The van der Waals surface area contributed by atoms with Crippen molar-refractivity contribution in [2.75, 3.05) is 0 Å². The van der Waals surface area contributed by atoms with E-state index in [1.54, 1.807) is 0 Å². The minimum Gasteiger partial charge on any atom is -0.404 e. The van der Waals surface area contributed by atoms with Gasteiger partial charge in [0.05, 0.1) is 11.0 Å². The van der Waals surface area contributed by atoms with E-state index >= 15 is 0 Å². The second-order valence-electron chi connectivity index (χ2n) is 7.38. The quantitative estimate of drug-likeness (QED) is 0.456. The highest BCUT2D eigenvalue weighted by Gasteiger charge is 2.47. The molecule has 25 heavy (non-hydrogen) atoms. The van der Waals surface area contributed by atoms with Gasteiger partial charge in [0.25, 0.3) is 5.69 Å². The summed E-state index contributed by atoms with van der Waals surface area (Å²) in [4.78, 5) is 20.0. The summed E-state index contributed by atoms with van der Waals surface area (Å²) in [6.45, 7) is 7.24. The topological polar surface area (TPSA) is 122 Å². The summed E-state index contributed by atoms with van der Waals surface area (Å²) >= 11 is 0. The number of hydrogen-bond acceptors (Lipinski definition) is 7. The molecular weight excluding hydrogens is 351 g/mol. The zero-order valence-corrected chi connectivity index (χ0v) is 15.5. The van der Waals surface area contributed by atoms with Gasteiger partial charge in [-0.05, 0) is 52.7 Å². The van der Waals surface area contributed by atoms with Gasteiger partial charge < -0.3 is 9.73 Å². The van der Waals surface area contributed by atoms with Crippen molar-refractivity contribution >= 4 is 13.5 Å². The summed E-state index contributed by atoms with van der Waals surface area (Å²) in [5.74, 6) is -0.00505. The molecular formula is C15H23N2O7P. The zero-order valence-electron chi connectivity index (χ0n) is 14.6. The van der Waals surface area contributed by atoms with Gasteiger partial charge in [-0.25, -0.2) is 4.57 Å². The second kappa shape index (κ2) is 6.66. The first-order valence-electron chi connectivity index (χ1n) is 7.77. The SMILES string of the molecule is CC1(C)CC(OP(=O)(O)Oc2ccc([N+](=O)[O-])cc2)CC(C)(C)N1O. The Kier molecular flexibility index (Phi) is 5.28. The smallest absolute Gasteiger partial charge is 0.404 e. The van der Waals surface area contributed by atoms with Crippen molar-refractivity contribution in [3.63, 3.8) is 0 Å². The summed E-state index contributed by atoms with van der Waals surface area (Å²) in [6, 6.07) is 4.81. The van der Waals surface area contributed by atoms with E-state index in [9.17, 15) is 24.8 Å². The summed E-state index contributed by atoms with van der Waals surface area (Å²) in [5, 5.41) is 22.1. The number of nitrogens with zero attached hydrogens (tertiary/aromatic N) is 2. The van der Waals surface area contributed by atoms with Crippen molar-refractivity contribution < 1.29 is 28.6 Å². The third-order valence-corrected chi connectivity index (χ3v) is 5.16. The van der Waals surface area contributed by atoms with Gasteiger partial charge in [-0.15, -0.1) is 0 Å². The first-order chi connectivity index (χ1) is 11.3. The lowest BCUT2D eigenvalue weighted by atomic mass is 9.80. The molecule has 2 rings (SSSR count). The minimum absolute atomic E-state index is 0.00505. The molecule has 1 heterocycles. The zero-order chi connectivity index (χ0) is 19.0. The van der Waals surface area contributed by atoms with Crippen molar-refractivity contribution in [2.24, 2.45) is 0 Å². The van der Waals surface area contributed by atoms with E-state index in [0.29, 0.717) is 12.8 Å². The normalized spacial score (nSPS) is 23.0. The maximum absolute atomic E-state index is 12.3. The highest BCUT2D eigenvalue weighted by molar-refractivity contribution is 7.47. The predicted molar refractivity (Wildman–Crippen MR) is 89.4 cm³/mol. The van der Waals surface area contributed by atoms with Gasteiger partial charge >= 0.3 is 7.82 Å². The fraction of sp³-hybridized carbons (Fsp3) is 0.600. The van der Waals surface area contributed by atoms with E-state index in [1.807, 2.05) is 27.7 Å². The Morgan fingerprint density at radius 3 is 2.12 bits per heavy atom. The Morgan fingerprint density at radius 2 is 1.68 bits per heavy atom. The average Bonchev–Trinajstić information content (AvgIpc) is 2.43. The Hall–Kier alpha value is -1.51. The van der Waals surface area contributed by atoms with Crippen molar-refractivity contribution in [3.8, 4) is 5.75 Å². The molecule has 1 aliphatic rings. The fourth-order valence-corrected chi connectivity index (χ4v) is 4.18. The minimum atomic E-state index is -4.42. The molecule has 0 amide bonds. The third-order valence-electron chi connectivity index (χ3n) is 4.15. The molecule has 0 saturated carbocycles. The second-order valence-corrected chi connectivity index (χ2v) is 8.71. The van der Waals surface area contributed by atoms with Gasteiger partial charge in [-0.2, -0.15) is 5.06 Å². The van der Waals surface area contributed by atoms with E-state index < -0.39 is 29.9 Å². The van der Waals surface area contributed by atoms with Crippen LogP contribution in [-0.2, 0) is 9.09 Å². The molecule has 0 bridgehead atoms. The molecule has 0 aromatic heterocycles. The molecule has 0 aliphatic carbocycles. The number of piperidine rings is 1. The number of rotatable bonds is 5. The fourth-order valence-electron chi connectivity index (χ4n) is 3.23. The molecule has 1 atom stereocenters. The van der Waals surface area contributed by atoms with Crippen LogP contribution in [0.15, 0.2) is 24.3 Å². The molecule has 1 aromatic carbocycles. The average molecular weight is 374 g/mol. The largest absolute Gasteiger partial charge is 0.527 e. The van der Waals surface area contributed by atoms with E-state index in [1.165, 1.54) is 29.3 Å². The van der Waals surface area contributed by atoms with Crippen LogP contribution in [0.4, 0.5) is 5.69 Å². The number of non-ortho nitro benzene ring substituents is 1. The maximum atomic E-state index is 12.3. The molecule has 1 saturated heterocycles. The number of hydrogen-bond donors (Lipinski definition) is 2. The molecule has 1 fully saturated rings. The number of nitro benzene ring substituents is 1. The monoisotopic (exact) mass is 374 g/mol. The number of benzene rings is 1. The van der Waals surface area contributed by atoms with Crippen LogP contribution in [0, 0.1) is 10.1 Å². The number of nitro groups is 1. The number of phosphoric ester groups is 1. The van der Waals surface area contributed by atoms with Crippen LogP contribution in [0.2, 0.25) is 0 Å². The lowest BCUT2D eigenvalue weighted by molar-refractivity contribution is -0.384. The molecule has 0 radical (unpaired) electrons. The van der Waals surface area contributed by atoms with Gasteiger partial charge in [0, 0.05) is 23.2 Å². The van der Waals surface area contributed by atoms with Crippen LogP contribution in [0.1, 0.15) is 40.5 Å². The third kappa shape index (κ3) is 4.77. The Bertz CT molecular complexity index is 672. The van der Waals surface area contributed by atoms with Gasteiger partial charge in [0.15, 0.2) is 0 Å². The molecule has 2 N–H and O–H groups in total. The van der Waals surface area contributed by atoms with Crippen molar-refractivity contribution in [3.05, 3.63) is 34.4 Å². The van der Waals surface area contributed by atoms with E-state index in [2.05, 4.69) is 0 Å². The first kappa shape index (κ1) is 19.8. The van der Waals surface area contributed by atoms with E-state index in [4.69, 9.17) is 9.05 Å². The van der Waals surface area contributed by atoms with Crippen molar-refractivity contribution in [1.82, 2.24) is 5.06 Å². The van der Waals surface area contributed by atoms with Crippen LogP contribution in [0.5, 0.6) is 5.75 Å².